The normalized spacial score (nSPS) is 15.2. The number of rotatable bonds is 13. The Balaban J connectivity index is 2.63. The van der Waals surface area contributed by atoms with Crippen molar-refractivity contribution in [1.82, 2.24) is 0 Å². The van der Waals surface area contributed by atoms with E-state index in [1.54, 1.807) is 13.0 Å². The van der Waals surface area contributed by atoms with Crippen molar-refractivity contribution in [3.63, 3.8) is 0 Å². The molecule has 29 heavy (non-hydrogen) atoms. The van der Waals surface area contributed by atoms with E-state index in [2.05, 4.69) is 0 Å². The third-order valence-electron chi connectivity index (χ3n) is 4.37. The topological polar surface area (TPSA) is 110 Å². The van der Waals surface area contributed by atoms with Crippen LogP contribution in [0.2, 0.25) is 0 Å². The van der Waals surface area contributed by atoms with E-state index < -0.39 is 5.97 Å². The minimum atomic E-state index is -0.955. The number of carboxylic acid groups (broad SMARTS) is 1. The average Bonchev–Trinajstić information content (AvgIpc) is 3.08. The molecular formula is C22H30O7. The fraction of sp³-hybridized carbons (Fsp3) is 0.500. The van der Waals surface area contributed by atoms with Crippen LogP contribution in [0, 0.1) is 0 Å². The lowest BCUT2D eigenvalue weighted by atomic mass is 10.0. The molecule has 0 saturated heterocycles. The number of cyclic esters (lactones) is 1. The summed E-state index contributed by atoms with van der Waals surface area (Å²) in [7, 11) is 0. The number of carbonyl (C=O) groups excluding carboxylic acids is 2. The van der Waals surface area contributed by atoms with Gasteiger partial charge in [-0.25, -0.2) is 9.59 Å². The second-order valence-electron chi connectivity index (χ2n) is 6.91. The number of carbonyl (C=O) groups is 3. The van der Waals surface area contributed by atoms with Gasteiger partial charge in [-0.05, 0) is 56.6 Å². The summed E-state index contributed by atoms with van der Waals surface area (Å²) in [5, 5.41) is 18.3. The van der Waals surface area contributed by atoms with Gasteiger partial charge in [-0.3, -0.25) is 4.79 Å². The van der Waals surface area contributed by atoms with Crippen molar-refractivity contribution in [2.45, 2.75) is 52.4 Å². The lowest BCUT2D eigenvalue weighted by Gasteiger charge is -2.08. The average molecular weight is 406 g/mol. The molecule has 1 aliphatic rings. The Labute approximate surface area is 171 Å². The maximum Gasteiger partial charge on any atom is 0.331 e. The van der Waals surface area contributed by atoms with Gasteiger partial charge in [-0.15, -0.1) is 0 Å². The lowest BCUT2D eigenvalue weighted by Crippen LogP contribution is -2.04. The first-order chi connectivity index (χ1) is 13.8. The smallest absolute Gasteiger partial charge is 0.331 e. The van der Waals surface area contributed by atoms with Crippen LogP contribution in [0.5, 0.6) is 0 Å². The molecule has 0 aromatic rings. The van der Waals surface area contributed by atoms with E-state index in [1.807, 2.05) is 12.2 Å². The highest BCUT2D eigenvalue weighted by Crippen LogP contribution is 2.17. The molecule has 7 heteroatoms. The third kappa shape index (κ3) is 11.0. The van der Waals surface area contributed by atoms with Gasteiger partial charge in [0.15, 0.2) is 0 Å². The first-order valence-corrected chi connectivity index (χ1v) is 9.68. The summed E-state index contributed by atoms with van der Waals surface area (Å²) < 4.78 is 9.95. The Morgan fingerprint density at radius 3 is 2.45 bits per heavy atom. The molecule has 0 aromatic heterocycles. The number of hydrogen-bond donors (Lipinski definition) is 2. The summed E-state index contributed by atoms with van der Waals surface area (Å²) >= 11 is 0. The first-order valence-electron chi connectivity index (χ1n) is 9.68. The quantitative estimate of drug-likeness (QED) is 0.274. The zero-order valence-corrected chi connectivity index (χ0v) is 17.1. The van der Waals surface area contributed by atoms with Crippen LogP contribution in [0.3, 0.4) is 0 Å². The van der Waals surface area contributed by atoms with E-state index in [0.29, 0.717) is 50.7 Å². The van der Waals surface area contributed by atoms with Gasteiger partial charge >= 0.3 is 17.9 Å². The Kier molecular flexibility index (Phi) is 11.3. The number of aliphatic hydroxyl groups excluding tert-OH is 1. The van der Waals surface area contributed by atoms with E-state index in [-0.39, 0.29) is 25.2 Å². The van der Waals surface area contributed by atoms with Gasteiger partial charge in [-0.2, -0.15) is 0 Å². The molecule has 0 amide bonds. The lowest BCUT2D eigenvalue weighted by molar-refractivity contribution is -0.140. The molecular weight excluding hydrogens is 376 g/mol. The molecule has 1 heterocycles. The molecule has 0 aliphatic carbocycles. The van der Waals surface area contributed by atoms with Gasteiger partial charge in [0.05, 0.1) is 6.61 Å². The maximum atomic E-state index is 11.4. The Bertz CT molecular complexity index is 711. The molecule has 0 aromatic carbocycles. The minimum Gasteiger partial charge on any atom is -0.478 e. The van der Waals surface area contributed by atoms with Gasteiger partial charge in [0.2, 0.25) is 0 Å². The van der Waals surface area contributed by atoms with Crippen LogP contribution < -0.4 is 0 Å². The predicted molar refractivity (Wildman–Crippen MR) is 108 cm³/mol. The summed E-state index contributed by atoms with van der Waals surface area (Å²) in [4.78, 5) is 33.6. The van der Waals surface area contributed by atoms with Gasteiger partial charge in [0.25, 0.3) is 0 Å². The molecule has 0 saturated carbocycles. The van der Waals surface area contributed by atoms with Gasteiger partial charge < -0.3 is 19.7 Å². The van der Waals surface area contributed by atoms with Crippen molar-refractivity contribution < 1.29 is 34.1 Å². The fourth-order valence-electron chi connectivity index (χ4n) is 2.71. The molecule has 160 valence electrons. The zero-order valence-electron chi connectivity index (χ0n) is 17.1. The molecule has 2 N–H and O–H groups in total. The highest BCUT2D eigenvalue weighted by Gasteiger charge is 2.12. The number of aliphatic carboxylic acids is 1. The van der Waals surface area contributed by atoms with Crippen LogP contribution in [-0.2, 0) is 23.9 Å². The van der Waals surface area contributed by atoms with E-state index in [0.717, 1.165) is 16.7 Å². The van der Waals surface area contributed by atoms with Crippen molar-refractivity contribution in [2.24, 2.45) is 0 Å². The van der Waals surface area contributed by atoms with Crippen LogP contribution in [0.4, 0.5) is 0 Å². The second-order valence-corrected chi connectivity index (χ2v) is 6.91. The van der Waals surface area contributed by atoms with Crippen molar-refractivity contribution >= 4 is 17.9 Å². The number of aliphatic hydroxyl groups is 1. The molecule has 1 rings (SSSR count). The molecule has 0 unspecified atom stereocenters. The number of carboxylic acids is 1. The molecule has 0 fully saturated rings. The molecule has 0 atom stereocenters. The highest BCUT2D eigenvalue weighted by atomic mass is 16.5. The van der Waals surface area contributed by atoms with Crippen molar-refractivity contribution in [2.75, 3.05) is 19.8 Å². The maximum absolute atomic E-state index is 11.4. The number of ether oxygens (including phenoxy) is 2. The molecule has 1 aliphatic heterocycles. The number of hydrogen-bond acceptors (Lipinski definition) is 6. The van der Waals surface area contributed by atoms with Gasteiger partial charge in [0.1, 0.15) is 13.2 Å². The van der Waals surface area contributed by atoms with Crippen molar-refractivity contribution in [3.05, 3.63) is 46.6 Å². The summed E-state index contributed by atoms with van der Waals surface area (Å²) in [5.41, 5.74) is 2.97. The van der Waals surface area contributed by atoms with Crippen molar-refractivity contribution in [1.29, 1.82) is 0 Å². The van der Waals surface area contributed by atoms with Crippen LogP contribution in [0.1, 0.15) is 52.4 Å². The minimum absolute atomic E-state index is 0.0341. The SMILES string of the molecule is CC(=O)OCC(=CCCC1=CC(=O)OC1)CCC=C(CCC=C(C)CO)C(=O)O. The highest BCUT2D eigenvalue weighted by molar-refractivity contribution is 5.86. The van der Waals surface area contributed by atoms with Crippen molar-refractivity contribution in [3.8, 4) is 0 Å². The van der Waals surface area contributed by atoms with E-state index in [9.17, 15) is 19.5 Å². The van der Waals surface area contributed by atoms with Crippen LogP contribution >= 0.6 is 0 Å². The largest absolute Gasteiger partial charge is 0.478 e. The molecule has 0 spiro atoms. The predicted octanol–water partition coefficient (Wildman–Crippen LogP) is 3.25. The summed E-state index contributed by atoms with van der Waals surface area (Å²) in [6.07, 6.45) is 10.4. The Hall–Kier alpha value is -2.67. The summed E-state index contributed by atoms with van der Waals surface area (Å²) in [6, 6.07) is 0. The number of esters is 2. The van der Waals surface area contributed by atoms with Crippen LogP contribution in [-0.4, -0.2) is 47.9 Å². The molecule has 0 bridgehead atoms. The Morgan fingerprint density at radius 2 is 1.86 bits per heavy atom. The molecule has 0 radical (unpaired) electrons. The van der Waals surface area contributed by atoms with Gasteiger partial charge in [-0.1, -0.05) is 23.8 Å². The summed E-state index contributed by atoms with van der Waals surface area (Å²) in [6.45, 7) is 3.58. The molecule has 7 nitrogen and oxygen atoms in total. The van der Waals surface area contributed by atoms with Gasteiger partial charge in [0, 0.05) is 18.6 Å². The second kappa shape index (κ2) is 13.5. The van der Waals surface area contributed by atoms with Crippen LogP contribution in [0.25, 0.3) is 0 Å². The zero-order chi connectivity index (χ0) is 21.6. The van der Waals surface area contributed by atoms with Crippen LogP contribution in [0.15, 0.2) is 46.6 Å². The third-order valence-corrected chi connectivity index (χ3v) is 4.37. The van der Waals surface area contributed by atoms with E-state index >= 15 is 0 Å². The number of allylic oxidation sites excluding steroid dienone is 3. The fourth-order valence-corrected chi connectivity index (χ4v) is 2.71. The monoisotopic (exact) mass is 406 g/mol. The first kappa shape index (κ1) is 24.4. The standard InChI is InChI=1S/C22H30O7/c1-16(13-23)6-3-10-20(22(26)27)11-5-8-18(14-28-17(2)24)7-4-9-19-12-21(25)29-15-19/h6-7,11-12,23H,3-5,8-10,13-15H2,1-2H3,(H,26,27). The van der Waals surface area contributed by atoms with E-state index in [1.165, 1.54) is 13.0 Å². The Morgan fingerprint density at radius 1 is 1.14 bits per heavy atom. The summed E-state index contributed by atoms with van der Waals surface area (Å²) in [5.74, 6) is -1.65. The van der Waals surface area contributed by atoms with E-state index in [4.69, 9.17) is 14.6 Å².